The van der Waals surface area contributed by atoms with Crippen molar-refractivity contribution in [1.29, 1.82) is 0 Å². The van der Waals surface area contributed by atoms with E-state index in [-0.39, 0.29) is 19.7 Å². The first-order valence-corrected chi connectivity index (χ1v) is 5.11. The van der Waals surface area contributed by atoms with Crippen LogP contribution in [0.15, 0.2) is 0 Å². The highest BCUT2D eigenvalue weighted by atomic mass is 16.5. The normalized spacial score (nSPS) is 9.17. The Kier molecular flexibility index (Phi) is 7.66. The number of carbonyl (C=O) groups is 4. The topological polar surface area (TPSA) is 134 Å². The van der Waals surface area contributed by atoms with Gasteiger partial charge in [-0.1, -0.05) is 0 Å². The van der Waals surface area contributed by atoms with E-state index >= 15 is 0 Å². The van der Waals surface area contributed by atoms with Crippen LogP contribution in [-0.2, 0) is 19.1 Å². The number of carboxylic acids is 1. The Hall–Kier alpha value is -2.32. The summed E-state index contributed by atoms with van der Waals surface area (Å²) in [6, 6.07) is -0.728. The molecule has 0 unspecified atom stereocenters. The molecule has 18 heavy (non-hydrogen) atoms. The summed E-state index contributed by atoms with van der Waals surface area (Å²) >= 11 is 0. The molecule has 0 atom stereocenters. The molecule has 9 nitrogen and oxygen atoms in total. The lowest BCUT2D eigenvalue weighted by Gasteiger charge is -2.07. The van der Waals surface area contributed by atoms with E-state index in [0.717, 1.165) is 0 Å². The summed E-state index contributed by atoms with van der Waals surface area (Å²) in [6.07, 6.45) is 0. The maximum absolute atomic E-state index is 11.1. The first-order valence-electron chi connectivity index (χ1n) is 5.11. The molecule has 0 rings (SSSR count). The quantitative estimate of drug-likeness (QED) is 0.393. The summed E-state index contributed by atoms with van der Waals surface area (Å²) in [6.45, 7) is 0.619. The van der Waals surface area contributed by atoms with Gasteiger partial charge in [0.05, 0.1) is 13.2 Å². The number of rotatable bonds is 7. The first kappa shape index (κ1) is 15.7. The molecule has 0 saturated carbocycles. The van der Waals surface area contributed by atoms with Gasteiger partial charge >= 0.3 is 18.0 Å². The molecule has 0 spiro atoms. The van der Waals surface area contributed by atoms with E-state index in [1.165, 1.54) is 0 Å². The average Bonchev–Trinajstić information content (AvgIpc) is 2.31. The highest BCUT2D eigenvalue weighted by Gasteiger charge is 2.08. The van der Waals surface area contributed by atoms with Gasteiger partial charge in [0.25, 0.3) is 0 Å². The standard InChI is InChI=1S/C9H15N3O6/c1-2-18-8(16)5-12-9(17)11-3-6(13)10-4-7(14)15/h2-5H2,1H3,(H,10,13)(H,14,15)(H2,11,12,17). The predicted octanol–water partition coefficient (Wildman–Crippen LogP) is -1.95. The SMILES string of the molecule is CCOC(=O)CNC(=O)NCC(=O)NCC(=O)O. The number of carboxylic acid groups (broad SMARTS) is 1. The van der Waals surface area contributed by atoms with Gasteiger partial charge in [-0.25, -0.2) is 4.79 Å². The molecule has 0 fully saturated rings. The minimum Gasteiger partial charge on any atom is -0.480 e. The molecule has 0 aliphatic rings. The maximum atomic E-state index is 11.1. The Morgan fingerprint density at radius 2 is 1.61 bits per heavy atom. The van der Waals surface area contributed by atoms with Gasteiger partial charge in [-0.15, -0.1) is 0 Å². The van der Waals surface area contributed by atoms with Crippen LogP contribution in [0.2, 0.25) is 0 Å². The van der Waals surface area contributed by atoms with Gasteiger partial charge in [0.15, 0.2) is 0 Å². The van der Waals surface area contributed by atoms with Crippen LogP contribution in [0.4, 0.5) is 4.79 Å². The fourth-order valence-corrected chi connectivity index (χ4v) is 0.824. The largest absolute Gasteiger partial charge is 0.480 e. The molecule has 0 aromatic heterocycles. The van der Waals surface area contributed by atoms with E-state index in [9.17, 15) is 19.2 Å². The number of hydrogen-bond donors (Lipinski definition) is 4. The number of amides is 3. The molecule has 0 aliphatic carbocycles. The van der Waals surface area contributed by atoms with Crippen molar-refractivity contribution >= 4 is 23.9 Å². The molecule has 0 heterocycles. The van der Waals surface area contributed by atoms with Gasteiger partial charge in [0, 0.05) is 0 Å². The Balaban J connectivity index is 3.67. The number of esters is 1. The Morgan fingerprint density at radius 1 is 1.00 bits per heavy atom. The zero-order valence-electron chi connectivity index (χ0n) is 9.82. The van der Waals surface area contributed by atoms with E-state index in [4.69, 9.17) is 5.11 Å². The second kappa shape index (κ2) is 8.79. The second-order valence-corrected chi connectivity index (χ2v) is 3.01. The number of hydrogen-bond acceptors (Lipinski definition) is 5. The molecule has 0 aromatic rings. The number of urea groups is 1. The molecule has 9 heteroatoms. The van der Waals surface area contributed by atoms with Crippen LogP contribution in [0.3, 0.4) is 0 Å². The van der Waals surface area contributed by atoms with Gasteiger partial charge in [-0.3, -0.25) is 14.4 Å². The monoisotopic (exact) mass is 261 g/mol. The lowest BCUT2D eigenvalue weighted by atomic mass is 10.5. The molecule has 102 valence electrons. The van der Waals surface area contributed by atoms with Crippen molar-refractivity contribution in [3.05, 3.63) is 0 Å². The van der Waals surface area contributed by atoms with Crippen molar-refractivity contribution in [3.8, 4) is 0 Å². The van der Waals surface area contributed by atoms with E-state index in [2.05, 4.69) is 20.7 Å². The predicted molar refractivity (Wildman–Crippen MR) is 58.7 cm³/mol. The van der Waals surface area contributed by atoms with E-state index in [1.807, 2.05) is 0 Å². The molecule has 0 aromatic carbocycles. The minimum absolute atomic E-state index is 0.208. The summed E-state index contributed by atoms with van der Waals surface area (Å²) in [4.78, 5) is 43.0. The Bertz CT molecular complexity index is 330. The maximum Gasteiger partial charge on any atom is 0.325 e. The Morgan fingerprint density at radius 3 is 2.17 bits per heavy atom. The molecule has 0 aliphatic heterocycles. The van der Waals surface area contributed by atoms with Gasteiger partial charge in [-0.2, -0.15) is 0 Å². The highest BCUT2D eigenvalue weighted by molar-refractivity contribution is 5.87. The van der Waals surface area contributed by atoms with Crippen LogP contribution >= 0.6 is 0 Å². The number of aliphatic carboxylic acids is 1. The third-order valence-electron chi connectivity index (χ3n) is 1.54. The number of carbonyl (C=O) groups excluding carboxylic acids is 3. The average molecular weight is 261 g/mol. The molecule has 0 bridgehead atoms. The highest BCUT2D eigenvalue weighted by Crippen LogP contribution is 1.75. The van der Waals surface area contributed by atoms with Crippen molar-refractivity contribution in [3.63, 3.8) is 0 Å². The molecule has 4 N–H and O–H groups in total. The van der Waals surface area contributed by atoms with Crippen molar-refractivity contribution in [1.82, 2.24) is 16.0 Å². The summed E-state index contributed by atoms with van der Waals surface area (Å²) in [5.41, 5.74) is 0. The van der Waals surface area contributed by atoms with Gasteiger partial charge in [-0.05, 0) is 6.92 Å². The van der Waals surface area contributed by atoms with Crippen LogP contribution < -0.4 is 16.0 Å². The van der Waals surface area contributed by atoms with Crippen LogP contribution in [0.25, 0.3) is 0 Å². The fraction of sp³-hybridized carbons (Fsp3) is 0.556. The molecular weight excluding hydrogens is 246 g/mol. The zero-order valence-corrected chi connectivity index (χ0v) is 9.82. The first-order chi connectivity index (χ1) is 8.45. The minimum atomic E-state index is -1.19. The number of nitrogens with one attached hydrogen (secondary N) is 3. The van der Waals surface area contributed by atoms with E-state index in [1.54, 1.807) is 6.92 Å². The van der Waals surface area contributed by atoms with Crippen LogP contribution in [0.5, 0.6) is 0 Å². The third kappa shape index (κ3) is 8.95. The summed E-state index contributed by atoms with van der Waals surface area (Å²) < 4.78 is 4.56. The van der Waals surface area contributed by atoms with Gasteiger partial charge < -0.3 is 25.8 Å². The van der Waals surface area contributed by atoms with Gasteiger partial charge in [0.1, 0.15) is 13.1 Å². The van der Waals surface area contributed by atoms with Crippen LogP contribution in [0, 0.1) is 0 Å². The van der Waals surface area contributed by atoms with Crippen LogP contribution in [-0.4, -0.2) is 55.2 Å². The molecular formula is C9H15N3O6. The zero-order chi connectivity index (χ0) is 14.0. The van der Waals surface area contributed by atoms with Crippen molar-refractivity contribution in [2.45, 2.75) is 6.92 Å². The van der Waals surface area contributed by atoms with Gasteiger partial charge in [0.2, 0.25) is 5.91 Å². The van der Waals surface area contributed by atoms with Crippen LogP contribution in [0.1, 0.15) is 6.92 Å². The lowest BCUT2D eigenvalue weighted by Crippen LogP contribution is -2.44. The molecule has 0 radical (unpaired) electrons. The van der Waals surface area contributed by atoms with E-state index < -0.39 is 30.4 Å². The number of ether oxygens (including phenoxy) is 1. The summed E-state index contributed by atoms with van der Waals surface area (Å²) in [7, 11) is 0. The summed E-state index contributed by atoms with van der Waals surface area (Å²) in [5.74, 6) is -2.43. The lowest BCUT2D eigenvalue weighted by molar-refractivity contribution is -0.141. The fourth-order valence-electron chi connectivity index (χ4n) is 0.824. The third-order valence-corrected chi connectivity index (χ3v) is 1.54. The molecule has 3 amide bonds. The van der Waals surface area contributed by atoms with E-state index in [0.29, 0.717) is 0 Å². The van der Waals surface area contributed by atoms with Crippen molar-refractivity contribution in [2.75, 3.05) is 26.2 Å². The Labute approximate surface area is 103 Å². The summed E-state index contributed by atoms with van der Waals surface area (Å²) in [5, 5.41) is 14.6. The molecule has 0 saturated heterocycles. The van der Waals surface area contributed by atoms with Crippen molar-refractivity contribution in [2.24, 2.45) is 0 Å². The smallest absolute Gasteiger partial charge is 0.325 e. The second-order valence-electron chi connectivity index (χ2n) is 3.01. The van der Waals surface area contributed by atoms with Crippen molar-refractivity contribution < 1.29 is 29.0 Å².